The van der Waals surface area contributed by atoms with Crippen LogP contribution in [0.25, 0.3) is 22.2 Å². The Morgan fingerprint density at radius 3 is 2.74 bits per heavy atom. The molecule has 0 saturated heterocycles. The lowest BCUT2D eigenvalue weighted by Crippen LogP contribution is -2.16. The highest BCUT2D eigenvalue weighted by molar-refractivity contribution is 6.04. The van der Waals surface area contributed by atoms with Gasteiger partial charge in [0.1, 0.15) is 23.1 Å². The second-order valence-electron chi connectivity index (χ2n) is 6.66. The van der Waals surface area contributed by atoms with E-state index in [2.05, 4.69) is 20.3 Å². The molecule has 0 bridgehead atoms. The fourth-order valence-electron chi connectivity index (χ4n) is 3.25. The zero-order valence-corrected chi connectivity index (χ0v) is 17.2. The highest BCUT2D eigenvalue weighted by Gasteiger charge is 2.17. The van der Waals surface area contributed by atoms with Crippen molar-refractivity contribution < 1.29 is 18.7 Å². The summed E-state index contributed by atoms with van der Waals surface area (Å²) in [5, 5.41) is 3.11. The van der Waals surface area contributed by atoms with Gasteiger partial charge >= 0.3 is 0 Å². The van der Waals surface area contributed by atoms with E-state index in [1.165, 1.54) is 19.4 Å². The van der Waals surface area contributed by atoms with Gasteiger partial charge in [0.05, 0.1) is 37.3 Å². The number of methoxy groups -OCH3 is 1. The molecule has 0 aliphatic heterocycles. The highest BCUT2D eigenvalue weighted by Crippen LogP contribution is 2.32. The molecule has 0 aliphatic carbocycles. The first kappa shape index (κ1) is 20.3. The van der Waals surface area contributed by atoms with Crippen LogP contribution in [0.15, 0.2) is 48.9 Å². The van der Waals surface area contributed by atoms with Gasteiger partial charge in [-0.05, 0) is 31.2 Å². The quantitative estimate of drug-likeness (QED) is 0.509. The van der Waals surface area contributed by atoms with E-state index < -0.39 is 11.7 Å². The molecule has 8 nitrogen and oxygen atoms in total. The van der Waals surface area contributed by atoms with Crippen molar-refractivity contribution in [1.29, 1.82) is 0 Å². The predicted molar refractivity (Wildman–Crippen MR) is 114 cm³/mol. The summed E-state index contributed by atoms with van der Waals surface area (Å²) in [6.45, 7) is 2.40. The number of benzene rings is 1. The van der Waals surface area contributed by atoms with Gasteiger partial charge in [0.2, 0.25) is 5.88 Å². The normalized spacial score (nSPS) is 10.8. The van der Waals surface area contributed by atoms with Crippen LogP contribution in [0.1, 0.15) is 17.4 Å². The summed E-state index contributed by atoms with van der Waals surface area (Å²) >= 11 is 0. The lowest BCUT2D eigenvalue weighted by atomic mass is 10.2. The molecular formula is C22H20FN5O3. The summed E-state index contributed by atoms with van der Waals surface area (Å²) in [6.07, 6.45) is 4.52. The number of carbonyl (C=O) groups excluding carboxylic acids is 1. The number of amides is 1. The van der Waals surface area contributed by atoms with E-state index in [0.29, 0.717) is 46.2 Å². The summed E-state index contributed by atoms with van der Waals surface area (Å²) in [4.78, 5) is 25.5. The van der Waals surface area contributed by atoms with Gasteiger partial charge in [-0.3, -0.25) is 9.78 Å². The number of nitrogens with one attached hydrogen (secondary N) is 1. The van der Waals surface area contributed by atoms with E-state index in [9.17, 15) is 9.18 Å². The number of anilines is 1. The summed E-state index contributed by atoms with van der Waals surface area (Å²) in [7, 11) is 3.22. The van der Waals surface area contributed by atoms with Crippen LogP contribution in [0.3, 0.4) is 0 Å². The maximum atomic E-state index is 14.3. The van der Waals surface area contributed by atoms with Crippen LogP contribution in [-0.4, -0.2) is 39.1 Å². The number of fused-ring (bicyclic) bond motifs is 1. The number of carbonyl (C=O) groups is 1. The Bertz CT molecular complexity index is 1250. The number of nitrogens with zero attached hydrogens (tertiary/aromatic N) is 4. The molecular weight excluding hydrogens is 401 g/mol. The van der Waals surface area contributed by atoms with Gasteiger partial charge in [0.15, 0.2) is 0 Å². The summed E-state index contributed by atoms with van der Waals surface area (Å²) in [6, 6.07) is 7.95. The summed E-state index contributed by atoms with van der Waals surface area (Å²) < 4.78 is 26.6. The number of halogens is 1. The van der Waals surface area contributed by atoms with Crippen LogP contribution in [-0.2, 0) is 7.05 Å². The number of aromatic nitrogens is 4. The Balaban J connectivity index is 1.62. The third-order valence-corrected chi connectivity index (χ3v) is 4.76. The van der Waals surface area contributed by atoms with E-state index in [0.717, 1.165) is 0 Å². The van der Waals surface area contributed by atoms with Gasteiger partial charge in [0.25, 0.3) is 5.91 Å². The van der Waals surface area contributed by atoms with Gasteiger partial charge in [-0.25, -0.2) is 14.4 Å². The molecule has 0 unspecified atom stereocenters. The molecule has 158 valence electrons. The van der Waals surface area contributed by atoms with Crippen molar-refractivity contribution in [3.63, 3.8) is 0 Å². The van der Waals surface area contributed by atoms with Crippen LogP contribution in [0.4, 0.5) is 10.2 Å². The topological polar surface area (TPSA) is 91.2 Å². The van der Waals surface area contributed by atoms with Gasteiger partial charge in [-0.15, -0.1) is 0 Å². The second kappa shape index (κ2) is 8.39. The van der Waals surface area contributed by atoms with Crippen LogP contribution in [0, 0.1) is 5.82 Å². The Kier molecular flexibility index (Phi) is 5.48. The zero-order chi connectivity index (χ0) is 22.0. The lowest BCUT2D eigenvalue weighted by molar-refractivity contribution is 0.102. The number of rotatable bonds is 6. The van der Waals surface area contributed by atoms with E-state index in [-0.39, 0.29) is 5.69 Å². The second-order valence-corrected chi connectivity index (χ2v) is 6.66. The molecule has 31 heavy (non-hydrogen) atoms. The summed E-state index contributed by atoms with van der Waals surface area (Å²) in [5.41, 5.74) is 1.84. The number of aryl methyl sites for hydroxylation is 1. The molecule has 0 fully saturated rings. The van der Waals surface area contributed by atoms with Crippen molar-refractivity contribution in [2.75, 3.05) is 19.0 Å². The van der Waals surface area contributed by atoms with Crippen molar-refractivity contribution in [3.05, 3.63) is 60.4 Å². The Morgan fingerprint density at radius 2 is 2.03 bits per heavy atom. The summed E-state index contributed by atoms with van der Waals surface area (Å²) in [5.74, 6) is 0.532. The SMILES string of the molecule is CCOc1ccc(-c2cncc(C(=O)Nc3cc4c(F)ccc(OC)c4n3C)n2)cn1. The molecule has 4 aromatic rings. The Labute approximate surface area is 177 Å². The number of ether oxygens (including phenoxy) is 2. The van der Waals surface area contributed by atoms with Gasteiger partial charge in [-0.1, -0.05) is 0 Å². The molecule has 4 rings (SSSR count). The monoisotopic (exact) mass is 421 g/mol. The molecule has 0 aliphatic rings. The fourth-order valence-corrected chi connectivity index (χ4v) is 3.25. The minimum Gasteiger partial charge on any atom is -0.495 e. The molecule has 1 N–H and O–H groups in total. The fraction of sp³-hybridized carbons (Fsp3) is 0.182. The Hall–Kier alpha value is -4.01. The third kappa shape index (κ3) is 3.89. The average Bonchev–Trinajstić information content (AvgIpc) is 3.12. The van der Waals surface area contributed by atoms with Crippen molar-refractivity contribution in [2.24, 2.45) is 7.05 Å². The molecule has 0 atom stereocenters. The zero-order valence-electron chi connectivity index (χ0n) is 17.2. The van der Waals surface area contributed by atoms with E-state index in [1.807, 2.05) is 6.92 Å². The number of hydrogen-bond donors (Lipinski definition) is 1. The highest BCUT2D eigenvalue weighted by atomic mass is 19.1. The maximum absolute atomic E-state index is 14.3. The van der Waals surface area contributed by atoms with Crippen molar-refractivity contribution >= 4 is 22.6 Å². The van der Waals surface area contributed by atoms with Crippen LogP contribution in [0.5, 0.6) is 11.6 Å². The van der Waals surface area contributed by atoms with E-state index >= 15 is 0 Å². The first-order valence-corrected chi connectivity index (χ1v) is 9.56. The third-order valence-electron chi connectivity index (χ3n) is 4.76. The first-order chi connectivity index (χ1) is 15.0. The molecule has 9 heteroatoms. The van der Waals surface area contributed by atoms with Crippen molar-refractivity contribution in [3.8, 4) is 22.9 Å². The van der Waals surface area contributed by atoms with Crippen LogP contribution >= 0.6 is 0 Å². The smallest absolute Gasteiger partial charge is 0.276 e. The van der Waals surface area contributed by atoms with Crippen LogP contribution in [0.2, 0.25) is 0 Å². The standard InChI is InChI=1S/C22H20FN5O3/c1-4-31-20-8-5-13(10-25-20)16-11-24-12-17(26-16)22(29)27-19-9-14-15(23)6-7-18(30-3)21(14)28(19)2/h5-12H,4H2,1-3H3,(H,27,29). The molecule has 1 aromatic carbocycles. The van der Waals surface area contributed by atoms with Gasteiger partial charge in [0, 0.05) is 30.3 Å². The van der Waals surface area contributed by atoms with E-state index in [1.54, 1.807) is 48.3 Å². The minimum absolute atomic E-state index is 0.115. The van der Waals surface area contributed by atoms with Gasteiger partial charge in [-0.2, -0.15) is 0 Å². The molecule has 3 aromatic heterocycles. The number of pyridine rings is 1. The largest absolute Gasteiger partial charge is 0.495 e. The molecule has 0 radical (unpaired) electrons. The Morgan fingerprint density at radius 1 is 1.19 bits per heavy atom. The minimum atomic E-state index is -0.474. The van der Waals surface area contributed by atoms with E-state index in [4.69, 9.17) is 9.47 Å². The predicted octanol–water partition coefficient (Wildman–Crippen LogP) is 3.83. The maximum Gasteiger partial charge on any atom is 0.276 e. The molecule has 1 amide bonds. The van der Waals surface area contributed by atoms with Crippen LogP contribution < -0.4 is 14.8 Å². The lowest BCUT2D eigenvalue weighted by Gasteiger charge is -2.09. The average molecular weight is 421 g/mol. The van der Waals surface area contributed by atoms with Crippen molar-refractivity contribution in [1.82, 2.24) is 19.5 Å². The molecule has 0 saturated carbocycles. The molecule has 3 heterocycles. The van der Waals surface area contributed by atoms with Gasteiger partial charge < -0.3 is 19.4 Å². The van der Waals surface area contributed by atoms with Crippen molar-refractivity contribution in [2.45, 2.75) is 6.92 Å². The molecule has 0 spiro atoms. The number of hydrogen-bond acceptors (Lipinski definition) is 6. The first-order valence-electron chi connectivity index (χ1n) is 9.56.